The van der Waals surface area contributed by atoms with Gasteiger partial charge in [-0.1, -0.05) is 11.6 Å². The van der Waals surface area contributed by atoms with Crippen molar-refractivity contribution in [3.63, 3.8) is 0 Å². The van der Waals surface area contributed by atoms with Crippen LogP contribution in [0.2, 0.25) is 5.02 Å². The summed E-state index contributed by atoms with van der Waals surface area (Å²) in [6.45, 7) is 0. The first-order chi connectivity index (χ1) is 7.72. The summed E-state index contributed by atoms with van der Waals surface area (Å²) in [5, 5.41) is 8.28. The van der Waals surface area contributed by atoms with E-state index in [1.807, 2.05) is 18.2 Å². The predicted octanol–water partition coefficient (Wildman–Crippen LogP) is 3.06. The molecule has 0 atom stereocenters. The molecule has 0 radical (unpaired) electrons. The van der Waals surface area contributed by atoms with Crippen molar-refractivity contribution in [2.75, 3.05) is 5.73 Å². The molecule has 16 heavy (non-hydrogen) atoms. The predicted molar refractivity (Wildman–Crippen MR) is 63.2 cm³/mol. The van der Waals surface area contributed by atoms with Crippen LogP contribution >= 0.6 is 11.6 Å². The third-order valence-electron chi connectivity index (χ3n) is 2.34. The molecule has 3 rings (SSSR count). The number of nitrogens with zero attached hydrogens (tertiary/aromatic N) is 1. The lowest BCUT2D eigenvalue weighted by molar-refractivity contribution is 0.628. The lowest BCUT2D eigenvalue weighted by Crippen LogP contribution is -1.81. The van der Waals surface area contributed by atoms with Crippen LogP contribution in [-0.2, 0) is 0 Å². The highest BCUT2D eigenvalue weighted by Crippen LogP contribution is 2.28. The lowest BCUT2D eigenvalue weighted by Gasteiger charge is -1.88. The Hall–Kier alpha value is -1.94. The van der Waals surface area contributed by atoms with Gasteiger partial charge >= 0.3 is 0 Å². The molecule has 0 fully saturated rings. The molecule has 3 N–H and O–H groups in total. The Balaban J connectivity index is 2.18. The van der Waals surface area contributed by atoms with E-state index in [1.54, 1.807) is 12.1 Å². The second-order valence-corrected chi connectivity index (χ2v) is 3.94. The molecule has 0 aliphatic carbocycles. The summed E-state index contributed by atoms with van der Waals surface area (Å²) in [6.07, 6.45) is 0. The molecule has 0 saturated carbocycles. The number of aromatic amines is 1. The van der Waals surface area contributed by atoms with E-state index in [-0.39, 0.29) is 0 Å². The van der Waals surface area contributed by atoms with E-state index >= 15 is 0 Å². The minimum atomic E-state index is 0.438. The molecule has 1 aromatic carbocycles. The summed E-state index contributed by atoms with van der Waals surface area (Å²) in [5.41, 5.74) is 7.07. The summed E-state index contributed by atoms with van der Waals surface area (Å²) >= 11 is 5.90. The maximum Gasteiger partial charge on any atom is 0.153 e. The number of hydrogen-bond acceptors (Lipinski definition) is 3. The number of anilines is 1. The monoisotopic (exact) mass is 233 g/mol. The van der Waals surface area contributed by atoms with Gasteiger partial charge in [0, 0.05) is 16.5 Å². The maximum absolute atomic E-state index is 5.90. The van der Waals surface area contributed by atoms with Gasteiger partial charge in [-0.2, -0.15) is 5.10 Å². The highest BCUT2D eigenvalue weighted by Gasteiger charge is 2.08. The fourth-order valence-corrected chi connectivity index (χ4v) is 1.79. The van der Waals surface area contributed by atoms with Crippen molar-refractivity contribution in [1.82, 2.24) is 10.2 Å². The van der Waals surface area contributed by atoms with Crippen LogP contribution in [-0.4, -0.2) is 10.2 Å². The van der Waals surface area contributed by atoms with E-state index in [2.05, 4.69) is 10.2 Å². The summed E-state index contributed by atoms with van der Waals surface area (Å²) in [5.74, 6) is 1.13. The van der Waals surface area contributed by atoms with E-state index in [4.69, 9.17) is 21.8 Å². The van der Waals surface area contributed by atoms with Crippen LogP contribution in [0.3, 0.4) is 0 Å². The van der Waals surface area contributed by atoms with Crippen molar-refractivity contribution in [2.24, 2.45) is 0 Å². The molecular formula is C11H8ClN3O. The lowest BCUT2D eigenvalue weighted by atomic mass is 10.2. The van der Waals surface area contributed by atoms with Crippen LogP contribution in [0.1, 0.15) is 0 Å². The van der Waals surface area contributed by atoms with Crippen molar-refractivity contribution in [1.29, 1.82) is 0 Å². The zero-order valence-electron chi connectivity index (χ0n) is 8.20. The Bertz CT molecular complexity index is 656. The minimum absolute atomic E-state index is 0.438. The van der Waals surface area contributed by atoms with Crippen molar-refractivity contribution >= 4 is 28.4 Å². The zero-order valence-corrected chi connectivity index (χ0v) is 8.95. The molecular weight excluding hydrogens is 226 g/mol. The maximum atomic E-state index is 5.90. The molecule has 0 bridgehead atoms. The summed E-state index contributed by atoms with van der Waals surface area (Å²) in [4.78, 5) is 0. The number of furan rings is 1. The van der Waals surface area contributed by atoms with Crippen LogP contribution in [0, 0.1) is 0 Å². The Morgan fingerprint density at radius 3 is 2.88 bits per heavy atom. The van der Waals surface area contributed by atoms with Crippen LogP contribution in [0.25, 0.3) is 22.4 Å². The average molecular weight is 234 g/mol. The molecule has 5 heteroatoms. The Morgan fingerprint density at radius 2 is 2.12 bits per heavy atom. The Kier molecular flexibility index (Phi) is 1.91. The molecule has 0 amide bonds. The standard InChI is InChI=1S/C11H8ClN3O/c12-7-1-2-9-6(3-7)4-10(16-9)8-5-11(13)15-14-8/h1-5H,(H3,13,14,15). The van der Waals surface area contributed by atoms with E-state index in [0.29, 0.717) is 16.6 Å². The van der Waals surface area contributed by atoms with Gasteiger partial charge in [-0.05, 0) is 24.3 Å². The van der Waals surface area contributed by atoms with E-state index in [9.17, 15) is 0 Å². The van der Waals surface area contributed by atoms with Crippen molar-refractivity contribution < 1.29 is 4.42 Å². The first kappa shape index (κ1) is 9.30. The number of nitrogens with one attached hydrogen (secondary N) is 1. The molecule has 2 aromatic heterocycles. The second kappa shape index (κ2) is 3.28. The first-order valence-electron chi connectivity index (χ1n) is 4.73. The summed E-state index contributed by atoms with van der Waals surface area (Å²) < 4.78 is 5.64. The molecule has 0 unspecified atom stereocenters. The van der Waals surface area contributed by atoms with Gasteiger partial charge in [-0.3, -0.25) is 5.10 Å². The smallest absolute Gasteiger partial charge is 0.153 e. The highest BCUT2D eigenvalue weighted by molar-refractivity contribution is 6.31. The van der Waals surface area contributed by atoms with Gasteiger partial charge in [-0.15, -0.1) is 0 Å². The third kappa shape index (κ3) is 1.44. The highest BCUT2D eigenvalue weighted by atomic mass is 35.5. The van der Waals surface area contributed by atoms with Gasteiger partial charge < -0.3 is 10.2 Å². The topological polar surface area (TPSA) is 67.8 Å². The Labute approximate surface area is 96.0 Å². The van der Waals surface area contributed by atoms with E-state index < -0.39 is 0 Å². The van der Waals surface area contributed by atoms with Gasteiger partial charge in [0.05, 0.1) is 0 Å². The molecule has 80 valence electrons. The molecule has 2 heterocycles. The van der Waals surface area contributed by atoms with Crippen LogP contribution in [0.15, 0.2) is 34.7 Å². The van der Waals surface area contributed by atoms with Crippen molar-refractivity contribution in [3.05, 3.63) is 35.4 Å². The molecule has 4 nitrogen and oxygen atoms in total. The fourth-order valence-electron chi connectivity index (χ4n) is 1.61. The molecule has 3 aromatic rings. The fraction of sp³-hybridized carbons (Fsp3) is 0. The summed E-state index contributed by atoms with van der Waals surface area (Å²) in [7, 11) is 0. The zero-order chi connectivity index (χ0) is 11.1. The second-order valence-electron chi connectivity index (χ2n) is 3.50. The number of H-pyrrole nitrogens is 1. The molecule has 0 saturated heterocycles. The van der Waals surface area contributed by atoms with Crippen LogP contribution < -0.4 is 5.73 Å². The largest absolute Gasteiger partial charge is 0.454 e. The normalized spacial score (nSPS) is 11.1. The van der Waals surface area contributed by atoms with Crippen molar-refractivity contribution in [3.8, 4) is 11.5 Å². The average Bonchev–Trinajstić information content (AvgIpc) is 2.83. The number of benzene rings is 1. The number of halogens is 1. The number of nitrogens with two attached hydrogens (primary N) is 1. The number of aromatic nitrogens is 2. The molecule has 0 spiro atoms. The third-order valence-corrected chi connectivity index (χ3v) is 2.58. The number of hydrogen-bond donors (Lipinski definition) is 2. The van der Waals surface area contributed by atoms with E-state index in [0.717, 1.165) is 16.7 Å². The SMILES string of the molecule is Nc1cc(-c2cc3cc(Cl)ccc3o2)[nH]n1. The van der Waals surface area contributed by atoms with Crippen molar-refractivity contribution in [2.45, 2.75) is 0 Å². The van der Waals surface area contributed by atoms with Gasteiger partial charge in [0.2, 0.25) is 0 Å². The number of nitrogen functional groups attached to an aromatic ring is 1. The molecule has 0 aliphatic rings. The van der Waals surface area contributed by atoms with Gasteiger partial charge in [0.15, 0.2) is 5.76 Å². The van der Waals surface area contributed by atoms with Crippen LogP contribution in [0.5, 0.6) is 0 Å². The molecule has 0 aliphatic heterocycles. The van der Waals surface area contributed by atoms with Gasteiger partial charge in [0.1, 0.15) is 17.1 Å². The van der Waals surface area contributed by atoms with Crippen LogP contribution in [0.4, 0.5) is 5.82 Å². The minimum Gasteiger partial charge on any atom is -0.454 e. The number of fused-ring (bicyclic) bond motifs is 1. The quantitative estimate of drug-likeness (QED) is 0.679. The first-order valence-corrected chi connectivity index (χ1v) is 5.10. The van der Waals surface area contributed by atoms with Gasteiger partial charge in [0.25, 0.3) is 0 Å². The van der Waals surface area contributed by atoms with Gasteiger partial charge in [-0.25, -0.2) is 0 Å². The number of rotatable bonds is 1. The van der Waals surface area contributed by atoms with E-state index in [1.165, 1.54) is 0 Å². The summed E-state index contributed by atoms with van der Waals surface area (Å²) in [6, 6.07) is 9.09. The Morgan fingerprint density at radius 1 is 1.25 bits per heavy atom.